The third-order valence-corrected chi connectivity index (χ3v) is 11.2. The van der Waals surface area contributed by atoms with Gasteiger partial charge in [-0.25, -0.2) is 39.5 Å². The van der Waals surface area contributed by atoms with Crippen LogP contribution in [0.2, 0.25) is 0 Å². The number of hydrogen-bond donors (Lipinski definition) is 1. The lowest BCUT2D eigenvalue weighted by Crippen LogP contribution is -2.25. The number of thiol groups is 1. The lowest BCUT2D eigenvalue weighted by molar-refractivity contribution is -0.190. The molecule has 0 amide bonds. The van der Waals surface area contributed by atoms with Gasteiger partial charge in [0, 0.05) is 37.5 Å². The molecule has 72 heavy (non-hydrogen) atoms. The van der Waals surface area contributed by atoms with Crippen molar-refractivity contribution in [2.24, 2.45) is 0 Å². The molecular formula is C52H45F13O6S. The maximum absolute atomic E-state index is 14.9. The molecule has 0 fully saturated rings. The van der Waals surface area contributed by atoms with Gasteiger partial charge in [0.1, 0.15) is 69.0 Å². The summed E-state index contributed by atoms with van der Waals surface area (Å²) in [6, 6.07) is 15.9. The van der Waals surface area contributed by atoms with E-state index in [-0.39, 0.29) is 35.1 Å². The molecule has 6 aromatic rings. The monoisotopic (exact) mass is 1040 g/mol. The number of halogens is 13. The van der Waals surface area contributed by atoms with Crippen molar-refractivity contribution in [2.75, 3.05) is 26.4 Å². The zero-order valence-corrected chi connectivity index (χ0v) is 39.0. The molecule has 0 N–H and O–H groups in total. The minimum absolute atomic E-state index is 0.0569. The van der Waals surface area contributed by atoms with Gasteiger partial charge in [-0.2, -0.15) is 17.6 Å². The van der Waals surface area contributed by atoms with Crippen LogP contribution in [0.1, 0.15) is 69.4 Å². The Morgan fingerprint density at radius 3 is 1.12 bits per heavy atom. The Hall–Kier alpha value is -6.12. The summed E-state index contributed by atoms with van der Waals surface area (Å²) in [5, 5.41) is 0. The lowest BCUT2D eigenvalue weighted by atomic mass is 10.0. The number of alkyl halides is 4. The van der Waals surface area contributed by atoms with Gasteiger partial charge in [0.25, 0.3) is 0 Å². The predicted molar refractivity (Wildman–Crippen MR) is 242 cm³/mol. The van der Waals surface area contributed by atoms with E-state index in [2.05, 4.69) is 22.1 Å². The molecule has 0 bridgehead atoms. The van der Waals surface area contributed by atoms with Gasteiger partial charge in [0.15, 0.2) is 23.7 Å². The average Bonchev–Trinajstić information content (AvgIpc) is 3.31. The van der Waals surface area contributed by atoms with Crippen molar-refractivity contribution in [3.63, 3.8) is 0 Å². The number of unbranched alkanes of at least 4 members (excludes halogenated alkanes) is 4. The van der Waals surface area contributed by atoms with Crippen LogP contribution in [0.25, 0.3) is 22.3 Å². The van der Waals surface area contributed by atoms with Gasteiger partial charge in [-0.05, 0) is 116 Å². The van der Waals surface area contributed by atoms with Gasteiger partial charge in [0.05, 0.1) is 18.1 Å². The highest BCUT2D eigenvalue weighted by Gasteiger charge is 2.43. The van der Waals surface area contributed by atoms with Crippen molar-refractivity contribution in [2.45, 2.75) is 81.7 Å². The van der Waals surface area contributed by atoms with Gasteiger partial charge in [-0.15, -0.1) is 12.6 Å². The Morgan fingerprint density at radius 1 is 0.417 bits per heavy atom. The fourth-order valence-electron chi connectivity index (χ4n) is 7.14. The molecule has 1 unspecified atom stereocenters. The number of hydrogen-bond acceptors (Lipinski definition) is 7. The van der Waals surface area contributed by atoms with E-state index in [1.54, 1.807) is 12.1 Å². The summed E-state index contributed by atoms with van der Waals surface area (Å²) in [5.41, 5.74) is -3.13. The van der Waals surface area contributed by atoms with Gasteiger partial charge in [-0.1, -0.05) is 37.6 Å². The van der Waals surface area contributed by atoms with E-state index in [1.165, 1.54) is 36.4 Å². The Kier molecular flexibility index (Phi) is 19.2. The first-order valence-electron chi connectivity index (χ1n) is 22.4. The normalized spacial score (nSPS) is 12.3. The molecule has 386 valence electrons. The van der Waals surface area contributed by atoms with Crippen LogP contribution in [-0.2, 0) is 21.7 Å². The Labute approximate surface area is 411 Å². The molecule has 20 heteroatoms. The van der Waals surface area contributed by atoms with Crippen LogP contribution in [0, 0.1) is 52.4 Å². The number of benzene rings is 6. The first-order chi connectivity index (χ1) is 34.3. The summed E-state index contributed by atoms with van der Waals surface area (Å²) in [6.07, 6.45) is -3.78. The van der Waals surface area contributed by atoms with Crippen LogP contribution in [0.15, 0.2) is 102 Å². The van der Waals surface area contributed by atoms with Gasteiger partial charge >= 0.3 is 12.2 Å². The molecule has 6 aromatic carbocycles. The molecule has 6 rings (SSSR count). The van der Waals surface area contributed by atoms with Gasteiger partial charge in [-0.3, -0.25) is 0 Å². The summed E-state index contributed by atoms with van der Waals surface area (Å²) in [6.45, 7) is 3.64. The maximum atomic E-state index is 14.9. The van der Waals surface area contributed by atoms with Crippen molar-refractivity contribution < 1.29 is 85.5 Å². The van der Waals surface area contributed by atoms with E-state index in [1.807, 2.05) is 6.92 Å². The molecular weight excluding hydrogens is 1000 g/mol. The predicted octanol–water partition coefficient (Wildman–Crippen LogP) is 15.8. The Balaban J connectivity index is 0.843. The SMILES string of the molecule is CCCC(OCCCCCOc1ccc(-c2cc(F)c(C(F)(F)Oc3cc(F)c(F)c(F)c3)c(F)c2)cc1)OCCCCCOc1ccc(-c2cc(F)c(C(F)(F)Oc3cc(F)c(S)c(F)c3)c(F)c2)cc1. The smallest absolute Gasteiger partial charge is 0.432 e. The van der Waals surface area contributed by atoms with E-state index < -0.39 is 92.1 Å². The van der Waals surface area contributed by atoms with E-state index in [9.17, 15) is 57.1 Å². The summed E-state index contributed by atoms with van der Waals surface area (Å²) >= 11 is 3.55. The zero-order valence-electron chi connectivity index (χ0n) is 38.1. The molecule has 1 atom stereocenters. The first-order valence-corrected chi connectivity index (χ1v) is 22.9. The second-order valence-corrected chi connectivity index (χ2v) is 16.6. The van der Waals surface area contributed by atoms with E-state index >= 15 is 0 Å². The molecule has 0 spiro atoms. The van der Waals surface area contributed by atoms with Crippen LogP contribution < -0.4 is 18.9 Å². The second kappa shape index (κ2) is 25.0. The molecule has 0 aromatic heterocycles. The minimum atomic E-state index is -4.71. The van der Waals surface area contributed by atoms with Crippen LogP contribution in [-0.4, -0.2) is 32.7 Å². The van der Waals surface area contributed by atoms with E-state index in [0.717, 1.165) is 32.1 Å². The standard InChI is InChI=1S/C52H45F13O6S/c1-2-9-46(68-20-7-3-5-18-66-34-14-10-30(11-15-34)32-22-38(53)47(39(54)23-32)51(62,63)70-36-26-42(57)49(61)43(58)27-36)69-21-8-4-6-19-67-35-16-12-31(13-17-35)33-24-40(55)48(41(56)25-33)52(64,65)71-37-28-44(59)50(72)45(60)29-37/h10-17,22-29,46,72H,2-9,18-21H2,1H3. The van der Waals surface area contributed by atoms with Crippen LogP contribution in [0.4, 0.5) is 57.1 Å². The topological polar surface area (TPSA) is 55.4 Å². The number of rotatable bonds is 26. The van der Waals surface area contributed by atoms with E-state index in [0.29, 0.717) is 99.2 Å². The third-order valence-electron chi connectivity index (χ3n) is 10.7. The molecule has 0 saturated carbocycles. The summed E-state index contributed by atoms with van der Waals surface area (Å²) in [4.78, 5) is -0.741. The van der Waals surface area contributed by atoms with Crippen molar-refractivity contribution in [3.05, 3.63) is 161 Å². The third kappa shape index (κ3) is 14.7. The van der Waals surface area contributed by atoms with Crippen molar-refractivity contribution in [1.82, 2.24) is 0 Å². The molecule has 0 radical (unpaired) electrons. The van der Waals surface area contributed by atoms with Gasteiger partial charge in [0.2, 0.25) is 0 Å². The van der Waals surface area contributed by atoms with Gasteiger partial charge < -0.3 is 28.4 Å². The summed E-state index contributed by atoms with van der Waals surface area (Å²) in [5.74, 6) is -16.2. The number of ether oxygens (including phenoxy) is 6. The highest BCUT2D eigenvalue weighted by molar-refractivity contribution is 7.80. The van der Waals surface area contributed by atoms with Crippen LogP contribution in [0.5, 0.6) is 23.0 Å². The van der Waals surface area contributed by atoms with Crippen molar-refractivity contribution in [3.8, 4) is 45.3 Å². The van der Waals surface area contributed by atoms with Crippen LogP contribution in [0.3, 0.4) is 0 Å². The van der Waals surface area contributed by atoms with Crippen LogP contribution >= 0.6 is 12.6 Å². The summed E-state index contributed by atoms with van der Waals surface area (Å²) in [7, 11) is 0. The second-order valence-electron chi connectivity index (χ2n) is 16.1. The largest absolute Gasteiger partial charge is 0.494 e. The highest BCUT2D eigenvalue weighted by Crippen LogP contribution is 2.40. The first kappa shape index (κ1) is 55.2. The fraction of sp³-hybridized carbons (Fsp3) is 0.308. The maximum Gasteiger partial charge on any atom is 0.432 e. The molecule has 0 aliphatic carbocycles. The molecule has 0 saturated heterocycles. The molecule has 0 aliphatic rings. The zero-order chi connectivity index (χ0) is 52.2. The average molecular weight is 1040 g/mol. The summed E-state index contributed by atoms with van der Waals surface area (Å²) < 4.78 is 218. The Bertz CT molecular complexity index is 2480. The Morgan fingerprint density at radius 2 is 0.764 bits per heavy atom. The quantitative estimate of drug-likeness (QED) is 0.0192. The minimum Gasteiger partial charge on any atom is -0.494 e. The highest BCUT2D eigenvalue weighted by atomic mass is 32.1. The lowest BCUT2D eigenvalue weighted by Gasteiger charge is -2.20. The molecule has 6 nitrogen and oxygen atoms in total. The van der Waals surface area contributed by atoms with E-state index in [4.69, 9.17) is 18.9 Å². The molecule has 0 aliphatic heterocycles. The van der Waals surface area contributed by atoms with Crippen molar-refractivity contribution in [1.29, 1.82) is 0 Å². The fourth-order valence-corrected chi connectivity index (χ4v) is 7.26. The molecule has 0 heterocycles. The van der Waals surface area contributed by atoms with Crippen molar-refractivity contribution >= 4 is 12.6 Å².